The Bertz CT molecular complexity index is 502. The average Bonchev–Trinajstić information content (AvgIpc) is 2.47. The molecule has 0 aliphatic rings. The number of carboxylic acid groups (broad SMARTS) is 1. The standard InChI is InChI=1S/C16H24N2O5/c1-11(2)23-9-3-8-17-14(16(21)22)10-15(20)18-12-4-6-13(19)7-5-12/h4-7,11,14,17,19H,3,8-10H2,1-2H3,(H,18,20)(H,21,22)/t14-/m1/s1. The lowest BCUT2D eigenvalue weighted by Crippen LogP contribution is -2.93. The molecular weight excluding hydrogens is 300 g/mol. The van der Waals surface area contributed by atoms with Crippen molar-refractivity contribution in [3.05, 3.63) is 24.3 Å². The third-order valence-electron chi connectivity index (χ3n) is 3.11. The van der Waals surface area contributed by atoms with Gasteiger partial charge in [-0.25, -0.2) is 0 Å². The first-order valence-corrected chi connectivity index (χ1v) is 7.63. The molecule has 1 atom stereocenters. The third kappa shape index (κ3) is 8.18. The number of ether oxygens (including phenoxy) is 1. The van der Waals surface area contributed by atoms with E-state index in [0.29, 0.717) is 25.3 Å². The fourth-order valence-corrected chi connectivity index (χ4v) is 1.94. The van der Waals surface area contributed by atoms with Crippen molar-refractivity contribution in [2.75, 3.05) is 18.5 Å². The Balaban J connectivity index is 2.37. The lowest BCUT2D eigenvalue weighted by molar-refractivity contribution is -0.682. The summed E-state index contributed by atoms with van der Waals surface area (Å²) in [6.07, 6.45) is 0.651. The van der Waals surface area contributed by atoms with Crippen molar-refractivity contribution in [2.45, 2.75) is 38.8 Å². The van der Waals surface area contributed by atoms with Crippen LogP contribution in [0.25, 0.3) is 0 Å². The molecule has 7 nitrogen and oxygen atoms in total. The topological polar surface area (TPSA) is 115 Å². The van der Waals surface area contributed by atoms with Crippen molar-refractivity contribution in [2.24, 2.45) is 0 Å². The van der Waals surface area contributed by atoms with Gasteiger partial charge >= 0.3 is 0 Å². The molecule has 0 aromatic heterocycles. The maximum Gasteiger partial charge on any atom is 0.230 e. The van der Waals surface area contributed by atoms with Crippen LogP contribution in [0.5, 0.6) is 5.75 Å². The number of rotatable bonds is 10. The molecule has 0 aliphatic heterocycles. The molecular formula is C16H24N2O5. The van der Waals surface area contributed by atoms with E-state index in [9.17, 15) is 19.8 Å². The van der Waals surface area contributed by atoms with Gasteiger partial charge in [0, 0.05) is 12.1 Å². The number of anilines is 1. The number of nitrogens with one attached hydrogen (secondary N) is 1. The maximum absolute atomic E-state index is 11.9. The van der Waals surface area contributed by atoms with E-state index < -0.39 is 17.9 Å². The predicted molar refractivity (Wildman–Crippen MR) is 82.6 cm³/mol. The van der Waals surface area contributed by atoms with Crippen molar-refractivity contribution in [3.63, 3.8) is 0 Å². The minimum atomic E-state index is -1.27. The van der Waals surface area contributed by atoms with Crippen LogP contribution in [0, 0.1) is 0 Å². The first kappa shape index (κ1) is 18.9. The number of aromatic hydroxyl groups is 1. The highest BCUT2D eigenvalue weighted by Gasteiger charge is 2.18. The van der Waals surface area contributed by atoms with E-state index in [0.717, 1.165) is 0 Å². The van der Waals surface area contributed by atoms with Crippen molar-refractivity contribution in [1.29, 1.82) is 0 Å². The predicted octanol–water partition coefficient (Wildman–Crippen LogP) is -0.782. The van der Waals surface area contributed by atoms with Crippen LogP contribution in [0.1, 0.15) is 26.7 Å². The molecule has 1 aromatic carbocycles. The molecule has 23 heavy (non-hydrogen) atoms. The molecule has 0 unspecified atom stereocenters. The first-order chi connectivity index (χ1) is 10.9. The Labute approximate surface area is 135 Å². The number of nitrogens with two attached hydrogens (primary N) is 1. The van der Waals surface area contributed by atoms with Gasteiger partial charge in [-0.05, 0) is 38.1 Å². The normalized spacial score (nSPS) is 12.1. The Morgan fingerprint density at radius 2 is 1.96 bits per heavy atom. The van der Waals surface area contributed by atoms with E-state index in [1.807, 2.05) is 13.8 Å². The summed E-state index contributed by atoms with van der Waals surface area (Å²) in [5.41, 5.74) is 0.496. The van der Waals surface area contributed by atoms with E-state index in [1.54, 1.807) is 5.32 Å². The Morgan fingerprint density at radius 3 is 2.52 bits per heavy atom. The Hall–Kier alpha value is -2.12. The highest BCUT2D eigenvalue weighted by molar-refractivity contribution is 5.93. The molecule has 1 amide bonds. The monoisotopic (exact) mass is 324 g/mol. The van der Waals surface area contributed by atoms with Crippen LogP contribution in [-0.4, -0.2) is 42.3 Å². The van der Waals surface area contributed by atoms with Gasteiger partial charge in [0.25, 0.3) is 0 Å². The molecule has 0 fully saturated rings. The largest absolute Gasteiger partial charge is 0.544 e. The third-order valence-corrected chi connectivity index (χ3v) is 3.11. The molecule has 0 bridgehead atoms. The minimum Gasteiger partial charge on any atom is -0.544 e. The van der Waals surface area contributed by atoms with Crippen LogP contribution in [0.3, 0.4) is 0 Å². The van der Waals surface area contributed by atoms with E-state index in [1.165, 1.54) is 24.3 Å². The number of carbonyl (C=O) groups is 2. The van der Waals surface area contributed by atoms with Gasteiger partial charge in [-0.2, -0.15) is 0 Å². The number of benzene rings is 1. The summed E-state index contributed by atoms with van der Waals surface area (Å²) in [7, 11) is 0. The molecule has 0 heterocycles. The molecule has 1 aromatic rings. The molecule has 0 radical (unpaired) electrons. The summed E-state index contributed by atoms with van der Waals surface area (Å²) in [4.78, 5) is 23.0. The number of carboxylic acids is 1. The van der Waals surface area contributed by atoms with Gasteiger partial charge in [0.1, 0.15) is 11.8 Å². The zero-order chi connectivity index (χ0) is 17.2. The smallest absolute Gasteiger partial charge is 0.230 e. The van der Waals surface area contributed by atoms with Crippen LogP contribution >= 0.6 is 0 Å². The molecule has 0 spiro atoms. The summed E-state index contributed by atoms with van der Waals surface area (Å²) in [6.45, 7) is 4.95. The second-order valence-corrected chi connectivity index (χ2v) is 5.52. The number of aliphatic carboxylic acids is 1. The summed E-state index contributed by atoms with van der Waals surface area (Å²) in [5.74, 6) is -1.59. The fraction of sp³-hybridized carbons (Fsp3) is 0.500. The van der Waals surface area contributed by atoms with E-state index in [-0.39, 0.29) is 18.3 Å². The summed E-state index contributed by atoms with van der Waals surface area (Å²) in [6, 6.07) is 5.01. The fourth-order valence-electron chi connectivity index (χ4n) is 1.94. The van der Waals surface area contributed by atoms with Crippen LogP contribution in [0.4, 0.5) is 5.69 Å². The summed E-state index contributed by atoms with van der Waals surface area (Å²) >= 11 is 0. The molecule has 128 valence electrons. The van der Waals surface area contributed by atoms with Gasteiger partial charge in [-0.15, -0.1) is 0 Å². The number of phenols is 1. The lowest BCUT2D eigenvalue weighted by Gasteiger charge is -2.16. The number of hydrogen-bond acceptors (Lipinski definition) is 5. The highest BCUT2D eigenvalue weighted by atomic mass is 16.5. The quantitative estimate of drug-likeness (QED) is 0.386. The molecule has 0 saturated carbocycles. The molecule has 4 N–H and O–H groups in total. The summed E-state index contributed by atoms with van der Waals surface area (Å²) in [5, 5.41) is 24.5. The Kier molecular flexibility index (Phi) is 8.07. The van der Waals surface area contributed by atoms with Crippen LogP contribution in [0.15, 0.2) is 24.3 Å². The second kappa shape index (κ2) is 9.81. The number of phenolic OH excluding ortho intramolecular Hbond substituents is 1. The SMILES string of the molecule is CC(C)OCCC[NH2+][C@H](CC(=O)Nc1ccc(O)cc1)C(=O)[O-]. The number of amides is 1. The molecule has 7 heteroatoms. The van der Waals surface area contributed by atoms with E-state index >= 15 is 0 Å². The van der Waals surface area contributed by atoms with Crippen molar-refractivity contribution in [3.8, 4) is 5.75 Å². The van der Waals surface area contributed by atoms with Crippen LogP contribution in [0.2, 0.25) is 0 Å². The second-order valence-electron chi connectivity index (χ2n) is 5.52. The van der Waals surface area contributed by atoms with E-state index in [4.69, 9.17) is 4.74 Å². The Morgan fingerprint density at radius 1 is 1.30 bits per heavy atom. The zero-order valence-electron chi connectivity index (χ0n) is 13.5. The average molecular weight is 324 g/mol. The van der Waals surface area contributed by atoms with Gasteiger partial charge in [-0.1, -0.05) is 0 Å². The lowest BCUT2D eigenvalue weighted by atomic mass is 10.2. The number of carbonyl (C=O) groups excluding carboxylic acids is 2. The molecule has 1 rings (SSSR count). The van der Waals surface area contributed by atoms with E-state index in [2.05, 4.69) is 5.32 Å². The summed E-state index contributed by atoms with van der Waals surface area (Å²) < 4.78 is 5.37. The van der Waals surface area contributed by atoms with Gasteiger partial charge in [0.15, 0.2) is 0 Å². The molecule has 0 aliphatic carbocycles. The van der Waals surface area contributed by atoms with Gasteiger partial charge < -0.3 is 30.4 Å². The molecule has 0 saturated heterocycles. The maximum atomic E-state index is 11.9. The van der Waals surface area contributed by atoms with Crippen molar-refractivity contribution >= 4 is 17.6 Å². The van der Waals surface area contributed by atoms with Crippen LogP contribution < -0.4 is 15.7 Å². The minimum absolute atomic E-state index is 0.0903. The van der Waals surface area contributed by atoms with Gasteiger partial charge in [0.05, 0.1) is 31.6 Å². The number of hydrogen-bond donors (Lipinski definition) is 3. The van der Waals surface area contributed by atoms with Crippen molar-refractivity contribution < 1.29 is 29.9 Å². The first-order valence-electron chi connectivity index (χ1n) is 7.63. The van der Waals surface area contributed by atoms with Crippen molar-refractivity contribution in [1.82, 2.24) is 0 Å². The van der Waals surface area contributed by atoms with Gasteiger partial charge in [-0.3, -0.25) is 4.79 Å². The number of quaternary nitrogens is 1. The van der Waals surface area contributed by atoms with Gasteiger partial charge in [0.2, 0.25) is 5.91 Å². The zero-order valence-corrected chi connectivity index (χ0v) is 13.5. The van der Waals surface area contributed by atoms with Crippen LogP contribution in [-0.2, 0) is 14.3 Å². The highest BCUT2D eigenvalue weighted by Crippen LogP contribution is 2.13.